The minimum Gasteiger partial charge on any atom is -0.375 e. The van der Waals surface area contributed by atoms with Gasteiger partial charge in [-0.2, -0.15) is 0 Å². The highest BCUT2D eigenvalue weighted by molar-refractivity contribution is 9.10. The summed E-state index contributed by atoms with van der Waals surface area (Å²) in [4.78, 5) is 12.9. The van der Waals surface area contributed by atoms with Crippen LogP contribution >= 0.6 is 27.3 Å². The van der Waals surface area contributed by atoms with E-state index in [-0.39, 0.29) is 11.9 Å². The van der Waals surface area contributed by atoms with Crippen LogP contribution in [0, 0.1) is 0 Å². The average molecular weight is 304 g/mol. The third-order valence-electron chi connectivity index (χ3n) is 2.45. The molecule has 88 valence electrons. The van der Waals surface area contributed by atoms with Gasteiger partial charge in [-0.3, -0.25) is 4.79 Å². The highest BCUT2D eigenvalue weighted by Gasteiger charge is 2.17. The van der Waals surface area contributed by atoms with Crippen LogP contribution in [0.15, 0.2) is 15.9 Å². The molecular formula is C11H14BrNO2S. The molecule has 0 spiro atoms. The monoisotopic (exact) mass is 303 g/mol. The SMILES string of the molecule is O=C(Cc1cc(Br)cs1)CC1CNCCO1. The zero-order valence-corrected chi connectivity index (χ0v) is 11.3. The molecule has 1 atom stereocenters. The lowest BCUT2D eigenvalue weighted by Crippen LogP contribution is -2.39. The maximum Gasteiger partial charge on any atom is 0.140 e. The zero-order valence-electron chi connectivity index (χ0n) is 8.87. The molecule has 3 nitrogen and oxygen atoms in total. The molecule has 1 saturated heterocycles. The molecule has 0 amide bonds. The van der Waals surface area contributed by atoms with Crippen LogP contribution in [-0.4, -0.2) is 31.6 Å². The second-order valence-electron chi connectivity index (χ2n) is 3.85. The lowest BCUT2D eigenvalue weighted by Gasteiger charge is -2.22. The van der Waals surface area contributed by atoms with Gasteiger partial charge in [0.25, 0.3) is 0 Å². The molecule has 1 aliphatic rings. The van der Waals surface area contributed by atoms with Gasteiger partial charge < -0.3 is 10.1 Å². The number of ether oxygens (including phenoxy) is 1. The van der Waals surface area contributed by atoms with Gasteiger partial charge in [-0.05, 0) is 22.0 Å². The first-order valence-electron chi connectivity index (χ1n) is 5.31. The van der Waals surface area contributed by atoms with E-state index in [1.165, 1.54) is 0 Å². The normalized spacial score (nSPS) is 20.9. The molecule has 1 aromatic heterocycles. The fourth-order valence-corrected chi connectivity index (χ4v) is 3.20. The molecule has 16 heavy (non-hydrogen) atoms. The van der Waals surface area contributed by atoms with E-state index in [4.69, 9.17) is 4.74 Å². The molecule has 1 N–H and O–H groups in total. The van der Waals surface area contributed by atoms with Gasteiger partial charge in [0.1, 0.15) is 5.78 Å². The first kappa shape index (κ1) is 12.2. The van der Waals surface area contributed by atoms with Gasteiger partial charge in [-0.25, -0.2) is 0 Å². The first-order chi connectivity index (χ1) is 7.74. The number of rotatable bonds is 4. The van der Waals surface area contributed by atoms with Crippen LogP contribution in [0.3, 0.4) is 0 Å². The second kappa shape index (κ2) is 5.91. The highest BCUT2D eigenvalue weighted by atomic mass is 79.9. The summed E-state index contributed by atoms with van der Waals surface area (Å²) in [5.74, 6) is 0.253. The van der Waals surface area contributed by atoms with E-state index in [9.17, 15) is 4.79 Å². The Hall–Kier alpha value is -0.230. The Morgan fingerprint density at radius 2 is 2.56 bits per heavy atom. The average Bonchev–Trinajstić information content (AvgIpc) is 2.65. The van der Waals surface area contributed by atoms with Crippen molar-refractivity contribution in [3.8, 4) is 0 Å². The quantitative estimate of drug-likeness (QED) is 0.924. The Balaban J connectivity index is 1.79. The molecule has 5 heteroatoms. The van der Waals surface area contributed by atoms with Crippen molar-refractivity contribution in [2.45, 2.75) is 18.9 Å². The number of Topliss-reactive ketones (excluding diaryl/α,β-unsaturated/α-hetero) is 1. The minimum atomic E-state index is 0.0599. The lowest BCUT2D eigenvalue weighted by molar-refractivity contribution is -0.121. The standard InChI is InChI=1S/C11H14BrNO2S/c12-8-3-11(16-7-8)5-9(14)4-10-6-13-1-2-15-10/h3,7,10,13H,1-2,4-6H2. The fraction of sp³-hybridized carbons (Fsp3) is 0.545. The van der Waals surface area contributed by atoms with Gasteiger partial charge in [0, 0.05) is 40.7 Å². The molecule has 1 fully saturated rings. The number of carbonyl (C=O) groups excluding carboxylic acids is 1. The number of halogens is 1. The van der Waals surface area contributed by atoms with Crippen molar-refractivity contribution in [2.24, 2.45) is 0 Å². The van der Waals surface area contributed by atoms with Crippen molar-refractivity contribution in [2.75, 3.05) is 19.7 Å². The summed E-state index contributed by atoms with van der Waals surface area (Å²) in [6.07, 6.45) is 1.10. The third-order valence-corrected chi connectivity index (χ3v) is 4.15. The summed E-state index contributed by atoms with van der Waals surface area (Å²) < 4.78 is 6.55. The maximum atomic E-state index is 11.8. The number of nitrogens with one attached hydrogen (secondary N) is 1. The molecule has 1 unspecified atom stereocenters. The molecule has 2 heterocycles. The molecule has 1 aromatic rings. The summed E-state index contributed by atoms with van der Waals surface area (Å²) in [5.41, 5.74) is 0. The van der Waals surface area contributed by atoms with Crippen LogP contribution in [0.5, 0.6) is 0 Å². The van der Waals surface area contributed by atoms with Gasteiger partial charge in [-0.15, -0.1) is 11.3 Å². The van der Waals surface area contributed by atoms with Gasteiger partial charge in [-0.1, -0.05) is 0 Å². The van der Waals surface area contributed by atoms with Crippen molar-refractivity contribution in [1.82, 2.24) is 5.32 Å². The van der Waals surface area contributed by atoms with Crippen molar-refractivity contribution >= 4 is 33.0 Å². The van der Waals surface area contributed by atoms with Crippen LogP contribution in [0.4, 0.5) is 0 Å². The van der Waals surface area contributed by atoms with E-state index in [1.54, 1.807) is 11.3 Å². The van der Waals surface area contributed by atoms with Crippen molar-refractivity contribution in [1.29, 1.82) is 0 Å². The summed E-state index contributed by atoms with van der Waals surface area (Å²) in [6, 6.07) is 2.00. The Labute approximate surface area is 107 Å². The highest BCUT2D eigenvalue weighted by Crippen LogP contribution is 2.20. The Bertz CT molecular complexity index is 361. The molecule has 2 rings (SSSR count). The van der Waals surface area contributed by atoms with Crippen molar-refractivity contribution < 1.29 is 9.53 Å². The predicted molar refractivity (Wildman–Crippen MR) is 68.0 cm³/mol. The zero-order chi connectivity index (χ0) is 11.4. The summed E-state index contributed by atoms with van der Waals surface area (Å²) in [6.45, 7) is 2.39. The molecule has 0 aliphatic carbocycles. The van der Waals surface area contributed by atoms with Gasteiger partial charge in [0.15, 0.2) is 0 Å². The van der Waals surface area contributed by atoms with Crippen LogP contribution in [-0.2, 0) is 16.0 Å². The molecular weight excluding hydrogens is 290 g/mol. The Morgan fingerprint density at radius 3 is 3.19 bits per heavy atom. The summed E-state index contributed by atoms with van der Waals surface area (Å²) in [7, 11) is 0. The smallest absolute Gasteiger partial charge is 0.140 e. The van der Waals surface area contributed by atoms with E-state index in [2.05, 4.69) is 21.2 Å². The number of thiophene rings is 1. The second-order valence-corrected chi connectivity index (χ2v) is 5.76. The third kappa shape index (κ3) is 3.66. The molecule has 0 bridgehead atoms. The predicted octanol–water partition coefficient (Wildman–Crippen LogP) is 2.00. The number of hydrogen-bond donors (Lipinski definition) is 1. The largest absolute Gasteiger partial charge is 0.375 e. The van der Waals surface area contributed by atoms with Crippen LogP contribution in [0.2, 0.25) is 0 Å². The van der Waals surface area contributed by atoms with E-state index < -0.39 is 0 Å². The first-order valence-corrected chi connectivity index (χ1v) is 6.98. The Kier molecular flexibility index (Phi) is 4.52. The summed E-state index contributed by atoms with van der Waals surface area (Å²) in [5, 5.41) is 5.23. The lowest BCUT2D eigenvalue weighted by atomic mass is 10.1. The van der Waals surface area contributed by atoms with Crippen molar-refractivity contribution in [3.63, 3.8) is 0 Å². The van der Waals surface area contributed by atoms with Gasteiger partial charge in [0.05, 0.1) is 12.7 Å². The van der Waals surface area contributed by atoms with Crippen LogP contribution in [0.1, 0.15) is 11.3 Å². The van der Waals surface area contributed by atoms with E-state index >= 15 is 0 Å². The van der Waals surface area contributed by atoms with Gasteiger partial charge in [0.2, 0.25) is 0 Å². The van der Waals surface area contributed by atoms with Crippen LogP contribution in [0.25, 0.3) is 0 Å². The van der Waals surface area contributed by atoms with Crippen molar-refractivity contribution in [3.05, 3.63) is 20.8 Å². The molecule has 0 aromatic carbocycles. The molecule has 0 radical (unpaired) electrons. The van der Waals surface area contributed by atoms with E-state index in [1.807, 2.05) is 11.4 Å². The minimum absolute atomic E-state index is 0.0599. The Morgan fingerprint density at radius 1 is 1.69 bits per heavy atom. The molecule has 1 aliphatic heterocycles. The number of ketones is 1. The van der Waals surface area contributed by atoms with Gasteiger partial charge >= 0.3 is 0 Å². The maximum absolute atomic E-state index is 11.8. The fourth-order valence-electron chi connectivity index (χ4n) is 1.72. The number of hydrogen-bond acceptors (Lipinski definition) is 4. The van der Waals surface area contributed by atoms with Crippen LogP contribution < -0.4 is 5.32 Å². The number of carbonyl (C=O) groups is 1. The van der Waals surface area contributed by atoms with E-state index in [0.29, 0.717) is 19.4 Å². The van der Waals surface area contributed by atoms with E-state index in [0.717, 1.165) is 22.4 Å². The molecule has 0 saturated carbocycles. The topological polar surface area (TPSA) is 38.3 Å². The summed E-state index contributed by atoms with van der Waals surface area (Å²) >= 11 is 5.00. The number of morpholine rings is 1.